The summed E-state index contributed by atoms with van der Waals surface area (Å²) >= 11 is 0. The first-order valence-corrected chi connectivity index (χ1v) is 7.50. The lowest BCUT2D eigenvalue weighted by Gasteiger charge is -2.13. The molecule has 0 aliphatic rings. The van der Waals surface area contributed by atoms with Crippen molar-refractivity contribution in [2.75, 3.05) is 4.72 Å². The van der Waals surface area contributed by atoms with Crippen LogP contribution in [0.3, 0.4) is 0 Å². The van der Waals surface area contributed by atoms with Crippen molar-refractivity contribution in [2.24, 2.45) is 0 Å². The highest BCUT2D eigenvalue weighted by molar-refractivity contribution is 7.92. The van der Waals surface area contributed by atoms with E-state index in [4.69, 9.17) is 5.11 Å². The van der Waals surface area contributed by atoms with Crippen LogP contribution >= 0.6 is 0 Å². The first kappa shape index (κ1) is 16.2. The number of anilines is 1. The summed E-state index contributed by atoms with van der Waals surface area (Å²) < 4.78 is 26.5. The summed E-state index contributed by atoms with van der Waals surface area (Å²) in [6.07, 6.45) is 0. The largest absolute Gasteiger partial charge is 0.872 e. The molecule has 2 aromatic carbocycles. The number of aromatic carboxylic acids is 1. The van der Waals surface area contributed by atoms with E-state index in [1.807, 2.05) is 0 Å². The van der Waals surface area contributed by atoms with E-state index >= 15 is 0 Å². The number of rotatable bonds is 5. The first-order valence-electron chi connectivity index (χ1n) is 6.02. The van der Waals surface area contributed by atoms with Gasteiger partial charge >= 0.3 is 5.97 Å². The number of nitro benzene ring substituents is 1. The maximum absolute atomic E-state index is 12.2. The Labute approximate surface area is 130 Å². The van der Waals surface area contributed by atoms with Gasteiger partial charge in [-0.2, -0.15) is 0 Å². The molecule has 0 heterocycles. The molecule has 0 spiro atoms. The molecule has 120 valence electrons. The normalized spacial score (nSPS) is 11.0. The number of carbonyl (C=O) groups is 1. The SMILES string of the molecule is O=C(O)c1cc(S(=O)(=O)Nc2cccc([N+](=O)[O-])c2)ccc1[O-]. The van der Waals surface area contributed by atoms with Gasteiger partial charge in [0.1, 0.15) is 0 Å². The number of nitrogens with zero attached hydrogens (tertiary/aromatic N) is 1. The number of non-ortho nitro benzene ring substituents is 1. The second-order valence-electron chi connectivity index (χ2n) is 4.38. The maximum Gasteiger partial charge on any atom is 0.335 e. The van der Waals surface area contributed by atoms with E-state index in [-0.39, 0.29) is 11.4 Å². The van der Waals surface area contributed by atoms with Gasteiger partial charge in [-0.05, 0) is 18.2 Å². The number of carboxylic acids is 1. The summed E-state index contributed by atoms with van der Waals surface area (Å²) in [6.45, 7) is 0. The lowest BCUT2D eigenvalue weighted by Crippen LogP contribution is -2.14. The molecular formula is C13H9N2O7S-. The van der Waals surface area contributed by atoms with E-state index in [1.54, 1.807) is 0 Å². The number of carboxylic acid groups (broad SMARTS) is 1. The minimum atomic E-state index is -4.20. The van der Waals surface area contributed by atoms with Gasteiger partial charge in [0.15, 0.2) is 0 Å². The number of hydrogen-bond acceptors (Lipinski definition) is 6. The third kappa shape index (κ3) is 3.55. The van der Waals surface area contributed by atoms with Crippen molar-refractivity contribution in [3.05, 3.63) is 58.1 Å². The smallest absolute Gasteiger partial charge is 0.335 e. The standard InChI is InChI=1S/C13H10N2O7S/c16-12-5-4-10(7-11(12)13(17)18)23(21,22)14-8-2-1-3-9(6-8)15(19)20/h1-7,14,16H,(H,17,18)/p-1. The molecule has 0 saturated heterocycles. The van der Waals surface area contributed by atoms with Gasteiger partial charge in [0.25, 0.3) is 15.7 Å². The minimum absolute atomic E-state index is 0.0673. The van der Waals surface area contributed by atoms with Crippen molar-refractivity contribution in [3.63, 3.8) is 0 Å². The van der Waals surface area contributed by atoms with Crippen LogP contribution in [-0.4, -0.2) is 24.4 Å². The Morgan fingerprint density at radius 2 is 1.87 bits per heavy atom. The minimum Gasteiger partial charge on any atom is -0.872 e. The van der Waals surface area contributed by atoms with E-state index in [0.717, 1.165) is 24.3 Å². The summed E-state index contributed by atoms with van der Waals surface area (Å²) in [5.74, 6) is -2.38. The molecule has 0 radical (unpaired) electrons. The fraction of sp³-hybridized carbons (Fsp3) is 0. The lowest BCUT2D eigenvalue weighted by atomic mass is 10.2. The van der Waals surface area contributed by atoms with Crippen LogP contribution in [0.4, 0.5) is 11.4 Å². The molecular weight excluding hydrogens is 328 g/mol. The molecule has 0 bridgehead atoms. The fourth-order valence-corrected chi connectivity index (χ4v) is 2.82. The van der Waals surface area contributed by atoms with E-state index in [2.05, 4.69) is 4.72 Å². The van der Waals surface area contributed by atoms with Gasteiger partial charge in [-0.1, -0.05) is 17.9 Å². The van der Waals surface area contributed by atoms with Crippen LogP contribution in [-0.2, 0) is 10.0 Å². The Balaban J connectivity index is 2.40. The molecule has 2 aromatic rings. The van der Waals surface area contributed by atoms with Gasteiger partial charge in [0.05, 0.1) is 21.1 Å². The van der Waals surface area contributed by atoms with Gasteiger partial charge < -0.3 is 10.2 Å². The molecule has 0 amide bonds. The average molecular weight is 337 g/mol. The van der Waals surface area contributed by atoms with Crippen molar-refractivity contribution in [1.29, 1.82) is 0 Å². The molecule has 0 fully saturated rings. The zero-order valence-electron chi connectivity index (χ0n) is 11.3. The molecule has 9 nitrogen and oxygen atoms in total. The van der Waals surface area contributed by atoms with E-state index < -0.39 is 37.1 Å². The second kappa shape index (κ2) is 5.93. The van der Waals surface area contributed by atoms with Crippen LogP contribution in [0.15, 0.2) is 47.4 Å². The molecule has 0 unspecified atom stereocenters. The molecule has 0 aliphatic carbocycles. The second-order valence-corrected chi connectivity index (χ2v) is 6.06. The Kier molecular flexibility index (Phi) is 4.18. The van der Waals surface area contributed by atoms with Gasteiger partial charge in [0.2, 0.25) is 0 Å². The van der Waals surface area contributed by atoms with Crippen molar-refractivity contribution in [3.8, 4) is 5.75 Å². The van der Waals surface area contributed by atoms with E-state index in [1.165, 1.54) is 18.2 Å². The third-order valence-corrected chi connectivity index (χ3v) is 4.18. The van der Waals surface area contributed by atoms with Crippen LogP contribution < -0.4 is 9.83 Å². The molecule has 0 saturated carbocycles. The topological polar surface area (TPSA) is 150 Å². The highest BCUT2D eigenvalue weighted by Crippen LogP contribution is 2.23. The zero-order valence-corrected chi connectivity index (χ0v) is 12.1. The predicted octanol–water partition coefficient (Wildman–Crippen LogP) is 1.17. The average Bonchev–Trinajstić information content (AvgIpc) is 2.46. The van der Waals surface area contributed by atoms with Gasteiger partial charge in [-0.15, -0.1) is 0 Å². The molecule has 2 rings (SSSR count). The monoisotopic (exact) mass is 337 g/mol. The third-order valence-electron chi connectivity index (χ3n) is 2.80. The van der Waals surface area contributed by atoms with E-state index in [0.29, 0.717) is 0 Å². The Bertz CT molecular complexity index is 893. The van der Waals surface area contributed by atoms with Crippen molar-refractivity contribution in [1.82, 2.24) is 0 Å². The number of nitro groups is 1. The Morgan fingerprint density at radius 1 is 1.17 bits per heavy atom. The Hall–Kier alpha value is -3.14. The quantitative estimate of drug-likeness (QED) is 0.614. The molecule has 2 N–H and O–H groups in total. The number of sulfonamides is 1. The fourth-order valence-electron chi connectivity index (χ4n) is 1.74. The van der Waals surface area contributed by atoms with Gasteiger partial charge in [0, 0.05) is 12.1 Å². The van der Waals surface area contributed by atoms with Crippen molar-refractivity contribution < 1.29 is 28.3 Å². The molecule has 10 heteroatoms. The van der Waals surface area contributed by atoms with Crippen LogP contribution in [0.2, 0.25) is 0 Å². The molecule has 0 aromatic heterocycles. The van der Waals surface area contributed by atoms with Crippen LogP contribution in [0.5, 0.6) is 5.75 Å². The number of nitrogens with one attached hydrogen (secondary N) is 1. The van der Waals surface area contributed by atoms with Crippen molar-refractivity contribution >= 4 is 27.4 Å². The number of benzene rings is 2. The summed E-state index contributed by atoms with van der Waals surface area (Å²) in [7, 11) is -4.20. The predicted molar refractivity (Wildman–Crippen MR) is 76.8 cm³/mol. The van der Waals surface area contributed by atoms with Gasteiger partial charge in [-0.25, -0.2) is 13.2 Å². The molecule has 23 heavy (non-hydrogen) atoms. The summed E-state index contributed by atoms with van der Waals surface area (Å²) in [6, 6.07) is 7.29. The highest BCUT2D eigenvalue weighted by Gasteiger charge is 2.18. The summed E-state index contributed by atoms with van der Waals surface area (Å²) in [4.78, 5) is 20.4. The molecule has 0 atom stereocenters. The van der Waals surface area contributed by atoms with Crippen LogP contribution in [0.1, 0.15) is 10.4 Å². The number of hydrogen-bond donors (Lipinski definition) is 2. The lowest BCUT2D eigenvalue weighted by molar-refractivity contribution is -0.384. The molecule has 0 aliphatic heterocycles. The maximum atomic E-state index is 12.2. The van der Waals surface area contributed by atoms with Crippen LogP contribution in [0.25, 0.3) is 0 Å². The van der Waals surface area contributed by atoms with Gasteiger partial charge in [-0.3, -0.25) is 14.8 Å². The van der Waals surface area contributed by atoms with Crippen LogP contribution in [0, 0.1) is 10.1 Å². The summed E-state index contributed by atoms with van der Waals surface area (Å²) in [5.41, 5.74) is -1.07. The van der Waals surface area contributed by atoms with E-state index in [9.17, 15) is 28.4 Å². The van der Waals surface area contributed by atoms with Crippen molar-refractivity contribution in [2.45, 2.75) is 4.90 Å². The Morgan fingerprint density at radius 3 is 2.48 bits per heavy atom. The zero-order chi connectivity index (χ0) is 17.2. The first-order chi connectivity index (χ1) is 10.7. The summed E-state index contributed by atoms with van der Waals surface area (Å²) in [5, 5.41) is 30.9. The highest BCUT2D eigenvalue weighted by atomic mass is 32.2.